The number of hydrogen-bond donors (Lipinski definition) is 1. The van der Waals surface area contributed by atoms with Crippen LogP contribution in [0.1, 0.15) is 11.8 Å². The lowest BCUT2D eigenvalue weighted by Crippen LogP contribution is -2.31. The summed E-state index contributed by atoms with van der Waals surface area (Å²) in [4.78, 5) is 13.6. The third kappa shape index (κ3) is 4.19. The number of rotatable bonds is 7. The van der Waals surface area contributed by atoms with Crippen LogP contribution in [0.2, 0.25) is 0 Å². The van der Waals surface area contributed by atoms with Crippen molar-refractivity contribution in [1.29, 1.82) is 0 Å². The number of hydrogen-bond acceptors (Lipinski definition) is 5. The van der Waals surface area contributed by atoms with Crippen LogP contribution in [0, 0.1) is 0 Å². The highest BCUT2D eigenvalue weighted by molar-refractivity contribution is 7.09. The highest BCUT2D eigenvalue weighted by atomic mass is 32.1. The zero-order valence-electron chi connectivity index (χ0n) is 14.0. The normalized spacial score (nSPS) is 11.8. The summed E-state index contributed by atoms with van der Waals surface area (Å²) in [5, 5.41) is 9.14. The maximum Gasteiger partial charge on any atom is 0.266 e. The van der Waals surface area contributed by atoms with Crippen LogP contribution in [-0.2, 0) is 11.3 Å². The Morgan fingerprint density at radius 1 is 1.24 bits per heavy atom. The van der Waals surface area contributed by atoms with Crippen molar-refractivity contribution in [1.82, 2.24) is 9.78 Å². The van der Waals surface area contributed by atoms with Crippen LogP contribution in [0.5, 0.6) is 11.5 Å². The zero-order valence-corrected chi connectivity index (χ0v) is 14.8. The highest BCUT2D eigenvalue weighted by Gasteiger charge is 2.18. The first-order chi connectivity index (χ1) is 12.2. The SMILES string of the molecule is COc1ccccc1O[C@H](C)C(=O)Nc1ccnn1Cc1cccs1. The molecule has 2 aromatic heterocycles. The first-order valence-corrected chi connectivity index (χ1v) is 8.70. The van der Waals surface area contributed by atoms with Gasteiger partial charge in [0.15, 0.2) is 17.6 Å². The molecule has 0 unspecified atom stereocenters. The van der Waals surface area contributed by atoms with Crippen LogP contribution in [0.25, 0.3) is 0 Å². The summed E-state index contributed by atoms with van der Waals surface area (Å²) >= 11 is 1.65. The molecule has 1 aromatic carbocycles. The molecule has 25 heavy (non-hydrogen) atoms. The molecule has 130 valence electrons. The average molecular weight is 357 g/mol. The molecule has 1 atom stereocenters. The number of carbonyl (C=O) groups is 1. The van der Waals surface area contributed by atoms with Crippen molar-refractivity contribution in [3.63, 3.8) is 0 Å². The van der Waals surface area contributed by atoms with Gasteiger partial charge in [0.05, 0.1) is 19.9 Å². The smallest absolute Gasteiger partial charge is 0.266 e. The van der Waals surface area contributed by atoms with Gasteiger partial charge in [0.1, 0.15) is 5.82 Å². The quantitative estimate of drug-likeness (QED) is 0.704. The van der Waals surface area contributed by atoms with Crippen molar-refractivity contribution < 1.29 is 14.3 Å². The number of benzene rings is 1. The second-order valence-corrected chi connectivity index (χ2v) is 6.39. The van der Waals surface area contributed by atoms with E-state index in [1.165, 1.54) is 0 Å². The van der Waals surface area contributed by atoms with Crippen molar-refractivity contribution in [3.8, 4) is 11.5 Å². The van der Waals surface area contributed by atoms with Crippen LogP contribution in [-0.4, -0.2) is 28.9 Å². The van der Waals surface area contributed by atoms with E-state index in [0.29, 0.717) is 23.9 Å². The number of ether oxygens (including phenoxy) is 2. The molecule has 0 bridgehead atoms. The molecule has 0 saturated heterocycles. The number of amides is 1. The molecule has 2 heterocycles. The first kappa shape index (κ1) is 17.0. The van der Waals surface area contributed by atoms with Gasteiger partial charge in [-0.25, -0.2) is 4.68 Å². The first-order valence-electron chi connectivity index (χ1n) is 7.82. The summed E-state index contributed by atoms with van der Waals surface area (Å²) in [6.45, 7) is 2.31. The second kappa shape index (κ2) is 7.85. The Kier molecular flexibility index (Phi) is 5.35. The number of thiophene rings is 1. The molecule has 0 radical (unpaired) electrons. The molecule has 3 aromatic rings. The molecule has 0 aliphatic rings. The summed E-state index contributed by atoms with van der Waals surface area (Å²) in [6, 6.07) is 13.0. The number of aromatic nitrogens is 2. The van der Waals surface area contributed by atoms with Gasteiger partial charge < -0.3 is 14.8 Å². The monoisotopic (exact) mass is 357 g/mol. The third-order valence-corrected chi connectivity index (χ3v) is 4.46. The van der Waals surface area contributed by atoms with Crippen LogP contribution >= 0.6 is 11.3 Å². The van der Waals surface area contributed by atoms with Crippen molar-refractivity contribution >= 4 is 23.1 Å². The number of nitrogens with one attached hydrogen (secondary N) is 1. The largest absolute Gasteiger partial charge is 0.493 e. The van der Waals surface area contributed by atoms with Gasteiger partial charge in [-0.05, 0) is 30.5 Å². The Balaban J connectivity index is 1.65. The number of carbonyl (C=O) groups excluding carboxylic acids is 1. The lowest BCUT2D eigenvalue weighted by molar-refractivity contribution is -0.122. The Morgan fingerprint density at radius 2 is 2.04 bits per heavy atom. The fourth-order valence-corrected chi connectivity index (χ4v) is 2.99. The summed E-state index contributed by atoms with van der Waals surface area (Å²) in [5.74, 6) is 1.50. The fraction of sp³-hybridized carbons (Fsp3) is 0.222. The van der Waals surface area contributed by atoms with E-state index in [9.17, 15) is 4.79 Å². The maximum absolute atomic E-state index is 12.5. The molecule has 7 heteroatoms. The van der Waals surface area contributed by atoms with Crippen LogP contribution < -0.4 is 14.8 Å². The Hall–Kier alpha value is -2.80. The van der Waals surface area contributed by atoms with E-state index in [1.807, 2.05) is 29.6 Å². The predicted molar refractivity (Wildman–Crippen MR) is 97.4 cm³/mol. The van der Waals surface area contributed by atoms with Crippen molar-refractivity contribution in [2.75, 3.05) is 12.4 Å². The fourth-order valence-electron chi connectivity index (χ4n) is 2.30. The molecule has 3 rings (SSSR count). The molecule has 1 amide bonds. The van der Waals surface area contributed by atoms with E-state index < -0.39 is 6.10 Å². The van der Waals surface area contributed by atoms with E-state index in [-0.39, 0.29) is 5.91 Å². The Morgan fingerprint density at radius 3 is 2.76 bits per heavy atom. The van der Waals surface area contributed by atoms with Crippen molar-refractivity contribution in [2.45, 2.75) is 19.6 Å². The standard InChI is InChI=1S/C18H19N3O3S/c1-13(24-16-8-4-3-7-15(16)23-2)18(22)20-17-9-10-19-21(17)12-14-6-5-11-25-14/h3-11,13H,12H2,1-2H3,(H,20,22)/t13-/m1/s1. The lowest BCUT2D eigenvalue weighted by atomic mass is 10.3. The van der Waals surface area contributed by atoms with E-state index >= 15 is 0 Å². The minimum atomic E-state index is -0.679. The number of methoxy groups -OCH3 is 1. The van der Waals surface area contributed by atoms with Crippen molar-refractivity contribution in [3.05, 3.63) is 58.9 Å². The van der Waals surface area contributed by atoms with E-state index in [4.69, 9.17) is 9.47 Å². The number of anilines is 1. The van der Waals surface area contributed by atoms with E-state index in [0.717, 1.165) is 4.88 Å². The summed E-state index contributed by atoms with van der Waals surface area (Å²) in [7, 11) is 1.57. The van der Waals surface area contributed by atoms with E-state index in [2.05, 4.69) is 10.4 Å². The summed E-state index contributed by atoms with van der Waals surface area (Å²) < 4.78 is 12.7. The molecular formula is C18H19N3O3S. The van der Waals surface area contributed by atoms with Crippen LogP contribution in [0.4, 0.5) is 5.82 Å². The Labute approximate surface area is 150 Å². The minimum Gasteiger partial charge on any atom is -0.493 e. The van der Waals surface area contributed by atoms with Gasteiger partial charge in [0.2, 0.25) is 0 Å². The Bertz CT molecular complexity index is 830. The predicted octanol–water partition coefficient (Wildman–Crippen LogP) is 3.41. The van der Waals surface area contributed by atoms with Gasteiger partial charge in [-0.3, -0.25) is 4.79 Å². The summed E-state index contributed by atoms with van der Waals surface area (Å²) in [5.41, 5.74) is 0. The zero-order chi connectivity index (χ0) is 17.6. The van der Waals surface area contributed by atoms with E-state index in [1.54, 1.807) is 54.4 Å². The molecular weight excluding hydrogens is 338 g/mol. The molecule has 0 saturated carbocycles. The average Bonchev–Trinajstić information content (AvgIpc) is 3.28. The molecule has 0 aliphatic carbocycles. The van der Waals surface area contributed by atoms with Crippen molar-refractivity contribution in [2.24, 2.45) is 0 Å². The van der Waals surface area contributed by atoms with Gasteiger partial charge in [-0.1, -0.05) is 18.2 Å². The van der Waals surface area contributed by atoms with Gasteiger partial charge in [0, 0.05) is 10.9 Å². The molecule has 6 nitrogen and oxygen atoms in total. The molecule has 0 spiro atoms. The highest BCUT2D eigenvalue weighted by Crippen LogP contribution is 2.27. The number of para-hydroxylation sites is 2. The van der Waals surface area contributed by atoms with Crippen LogP contribution in [0.15, 0.2) is 54.0 Å². The van der Waals surface area contributed by atoms with Gasteiger partial charge in [-0.2, -0.15) is 5.10 Å². The van der Waals surface area contributed by atoms with Crippen LogP contribution in [0.3, 0.4) is 0 Å². The third-order valence-electron chi connectivity index (χ3n) is 3.60. The lowest BCUT2D eigenvalue weighted by Gasteiger charge is -2.17. The topological polar surface area (TPSA) is 65.4 Å². The van der Waals surface area contributed by atoms with Gasteiger partial charge in [-0.15, -0.1) is 11.3 Å². The molecule has 0 fully saturated rings. The number of nitrogens with zero attached hydrogens (tertiary/aromatic N) is 2. The van der Waals surface area contributed by atoms with Gasteiger partial charge >= 0.3 is 0 Å². The molecule has 0 aliphatic heterocycles. The summed E-state index contributed by atoms with van der Waals surface area (Å²) in [6.07, 6.45) is 0.982. The second-order valence-electron chi connectivity index (χ2n) is 5.35. The minimum absolute atomic E-state index is 0.251. The van der Waals surface area contributed by atoms with Gasteiger partial charge in [0.25, 0.3) is 5.91 Å². The molecule has 1 N–H and O–H groups in total. The maximum atomic E-state index is 12.5.